The third kappa shape index (κ3) is 8.88. The lowest BCUT2D eigenvalue weighted by Crippen LogP contribution is -2.31. The minimum absolute atomic E-state index is 0.0808. The van der Waals surface area contributed by atoms with Gasteiger partial charge in [0.25, 0.3) is 5.90 Å². The molecule has 0 bridgehead atoms. The summed E-state index contributed by atoms with van der Waals surface area (Å²) < 4.78 is 10.5. The van der Waals surface area contributed by atoms with Crippen LogP contribution in [0.15, 0.2) is 65.7 Å². The summed E-state index contributed by atoms with van der Waals surface area (Å²) in [5.74, 6) is -0.401. The number of amides is 2. The highest BCUT2D eigenvalue weighted by molar-refractivity contribution is 6.38. The van der Waals surface area contributed by atoms with Crippen LogP contribution in [0.4, 0.5) is 4.79 Å². The lowest BCUT2D eigenvalue weighted by molar-refractivity contribution is -0.122. The molecule has 0 saturated heterocycles. The summed E-state index contributed by atoms with van der Waals surface area (Å²) in [6.45, 7) is 3.90. The number of aliphatic imine (C=N–C) groups is 1. The Bertz CT molecular complexity index is 994. The van der Waals surface area contributed by atoms with Crippen molar-refractivity contribution in [3.05, 3.63) is 71.8 Å². The Morgan fingerprint density at radius 2 is 1.66 bits per heavy atom. The third-order valence-corrected chi connectivity index (χ3v) is 5.72. The number of benzene rings is 2. The molecule has 0 spiro atoms. The Morgan fingerprint density at radius 1 is 0.971 bits per heavy atom. The quantitative estimate of drug-likeness (QED) is 0.456. The van der Waals surface area contributed by atoms with Gasteiger partial charge in [-0.1, -0.05) is 67.6 Å². The van der Waals surface area contributed by atoms with Crippen molar-refractivity contribution < 1.29 is 23.9 Å². The number of carbonyl (C=O) groups is 3. The zero-order valence-corrected chi connectivity index (χ0v) is 20.1. The first-order valence-electron chi connectivity index (χ1n) is 12.0. The molecule has 2 aromatic rings. The minimum atomic E-state index is -0.474. The molecule has 2 N–H and O–H groups in total. The second-order valence-corrected chi connectivity index (χ2v) is 8.59. The number of alkyl carbamates (subject to hydrolysis) is 1. The van der Waals surface area contributed by atoms with Crippen molar-refractivity contribution in [2.75, 3.05) is 26.2 Å². The predicted octanol–water partition coefficient (Wildman–Crippen LogP) is 3.62. The highest BCUT2D eigenvalue weighted by Crippen LogP contribution is 2.22. The molecule has 2 atom stereocenters. The van der Waals surface area contributed by atoms with Crippen LogP contribution in [-0.2, 0) is 25.7 Å². The fourth-order valence-corrected chi connectivity index (χ4v) is 3.81. The third-order valence-electron chi connectivity index (χ3n) is 5.72. The molecular weight excluding hydrogens is 446 g/mol. The van der Waals surface area contributed by atoms with E-state index in [4.69, 9.17) is 9.47 Å². The Hall–Kier alpha value is -3.68. The Labute approximate surface area is 206 Å². The average molecular weight is 480 g/mol. The highest BCUT2D eigenvalue weighted by atomic mass is 16.5. The van der Waals surface area contributed by atoms with Gasteiger partial charge in [0.15, 0.2) is 0 Å². The zero-order valence-electron chi connectivity index (χ0n) is 20.1. The van der Waals surface area contributed by atoms with E-state index >= 15 is 0 Å². The van der Waals surface area contributed by atoms with Crippen LogP contribution in [0.2, 0.25) is 0 Å². The average Bonchev–Trinajstić information content (AvgIpc) is 3.41. The van der Waals surface area contributed by atoms with Gasteiger partial charge in [-0.15, -0.1) is 0 Å². The number of hydrogen-bond donors (Lipinski definition) is 2. The summed E-state index contributed by atoms with van der Waals surface area (Å²) in [4.78, 5) is 41.3. The molecule has 0 saturated carbocycles. The first-order valence-corrected chi connectivity index (χ1v) is 12.0. The van der Waals surface area contributed by atoms with Crippen molar-refractivity contribution in [2.24, 2.45) is 10.9 Å². The highest BCUT2D eigenvalue weighted by Gasteiger charge is 2.28. The molecule has 35 heavy (non-hydrogen) atoms. The Kier molecular flexibility index (Phi) is 10.3. The maximum Gasteiger partial charge on any atom is 0.407 e. The number of ether oxygens (including phenoxy) is 2. The van der Waals surface area contributed by atoms with Crippen molar-refractivity contribution in [1.29, 1.82) is 0 Å². The van der Waals surface area contributed by atoms with Crippen LogP contribution in [0, 0.1) is 5.92 Å². The largest absolute Gasteiger partial charge is 0.473 e. The SMILES string of the molecule is CC(CCNC(=O)OCc1ccccc1)CC(=O)NCCC(C(=O)C1=NCCO1)c1ccccc1. The van der Waals surface area contributed by atoms with Gasteiger partial charge in [-0.25, -0.2) is 9.79 Å². The molecular formula is C27H33N3O5. The summed E-state index contributed by atoms with van der Waals surface area (Å²) in [5.41, 5.74) is 1.80. The van der Waals surface area contributed by atoms with E-state index < -0.39 is 12.0 Å². The van der Waals surface area contributed by atoms with Gasteiger partial charge >= 0.3 is 6.09 Å². The van der Waals surface area contributed by atoms with E-state index in [9.17, 15) is 14.4 Å². The second kappa shape index (κ2) is 13.9. The number of nitrogens with one attached hydrogen (secondary N) is 2. The molecule has 2 amide bonds. The number of Topliss-reactive ketones (excluding diaryl/α,β-unsaturated/α-hetero) is 1. The summed E-state index contributed by atoms with van der Waals surface area (Å²) in [6, 6.07) is 18.9. The number of carbonyl (C=O) groups excluding carboxylic acids is 3. The van der Waals surface area contributed by atoms with Gasteiger partial charge < -0.3 is 20.1 Å². The fraction of sp³-hybridized carbons (Fsp3) is 0.407. The van der Waals surface area contributed by atoms with Crippen LogP contribution in [-0.4, -0.2) is 49.9 Å². The molecule has 0 aromatic heterocycles. The predicted molar refractivity (Wildman–Crippen MR) is 133 cm³/mol. The van der Waals surface area contributed by atoms with Crippen LogP contribution < -0.4 is 10.6 Å². The topological polar surface area (TPSA) is 106 Å². The van der Waals surface area contributed by atoms with Gasteiger partial charge in [-0.3, -0.25) is 9.59 Å². The smallest absolute Gasteiger partial charge is 0.407 e. The first kappa shape index (κ1) is 25.9. The molecule has 0 aliphatic carbocycles. The lowest BCUT2D eigenvalue weighted by atomic mass is 9.91. The van der Waals surface area contributed by atoms with Crippen LogP contribution in [0.5, 0.6) is 0 Å². The molecule has 2 unspecified atom stereocenters. The van der Waals surface area contributed by atoms with Crippen LogP contribution in [0.25, 0.3) is 0 Å². The number of nitrogens with zero attached hydrogens (tertiary/aromatic N) is 1. The van der Waals surface area contributed by atoms with Crippen molar-refractivity contribution >= 4 is 23.7 Å². The molecule has 1 aliphatic rings. The lowest BCUT2D eigenvalue weighted by Gasteiger charge is -2.17. The summed E-state index contributed by atoms with van der Waals surface area (Å²) in [5, 5.41) is 5.63. The molecule has 1 heterocycles. The van der Waals surface area contributed by atoms with E-state index in [2.05, 4.69) is 15.6 Å². The Morgan fingerprint density at radius 3 is 2.34 bits per heavy atom. The number of ketones is 1. The van der Waals surface area contributed by atoms with E-state index in [1.807, 2.05) is 67.6 Å². The van der Waals surface area contributed by atoms with E-state index in [0.29, 0.717) is 45.5 Å². The molecule has 186 valence electrons. The van der Waals surface area contributed by atoms with Crippen molar-refractivity contribution in [2.45, 2.75) is 38.7 Å². The van der Waals surface area contributed by atoms with E-state index in [1.165, 1.54) is 0 Å². The summed E-state index contributed by atoms with van der Waals surface area (Å²) in [6.07, 6.45) is 0.967. The second-order valence-electron chi connectivity index (χ2n) is 8.59. The van der Waals surface area contributed by atoms with Crippen molar-refractivity contribution in [3.63, 3.8) is 0 Å². The maximum absolute atomic E-state index is 12.9. The van der Waals surface area contributed by atoms with Gasteiger partial charge in [0, 0.05) is 19.5 Å². The number of rotatable bonds is 13. The van der Waals surface area contributed by atoms with E-state index in [1.54, 1.807) is 0 Å². The molecule has 2 aromatic carbocycles. The van der Waals surface area contributed by atoms with Gasteiger partial charge in [0.2, 0.25) is 11.7 Å². The Balaban J connectivity index is 1.35. The van der Waals surface area contributed by atoms with Gasteiger partial charge in [0.1, 0.15) is 13.2 Å². The van der Waals surface area contributed by atoms with E-state index in [-0.39, 0.29) is 30.1 Å². The monoisotopic (exact) mass is 479 g/mol. The fourth-order valence-electron chi connectivity index (χ4n) is 3.81. The first-order chi connectivity index (χ1) is 17.0. The van der Waals surface area contributed by atoms with Crippen molar-refractivity contribution in [3.8, 4) is 0 Å². The number of hydrogen-bond acceptors (Lipinski definition) is 6. The van der Waals surface area contributed by atoms with Gasteiger partial charge in [-0.05, 0) is 29.9 Å². The summed E-state index contributed by atoms with van der Waals surface area (Å²) in [7, 11) is 0. The molecule has 0 radical (unpaired) electrons. The van der Waals surface area contributed by atoms with Gasteiger partial charge in [0.05, 0.1) is 12.5 Å². The molecule has 3 rings (SSSR count). The standard InChI is InChI=1S/C27H33N3O5/c1-20(12-14-30-27(33)35-19-21-8-4-2-5-9-21)18-24(31)28-15-13-23(22-10-6-3-7-11-22)25(32)26-29-16-17-34-26/h2-11,20,23H,12-19H2,1H3,(H,28,31)(H,30,33). The zero-order chi connectivity index (χ0) is 24.9. The van der Waals surface area contributed by atoms with Crippen LogP contribution >= 0.6 is 0 Å². The normalized spacial score (nSPS) is 14.3. The van der Waals surface area contributed by atoms with Crippen LogP contribution in [0.1, 0.15) is 43.2 Å². The van der Waals surface area contributed by atoms with Crippen LogP contribution in [0.3, 0.4) is 0 Å². The molecule has 0 fully saturated rings. The molecule has 8 heteroatoms. The minimum Gasteiger partial charge on any atom is -0.473 e. The van der Waals surface area contributed by atoms with Crippen molar-refractivity contribution in [1.82, 2.24) is 10.6 Å². The maximum atomic E-state index is 12.9. The molecule has 8 nitrogen and oxygen atoms in total. The van der Waals surface area contributed by atoms with Gasteiger partial charge in [-0.2, -0.15) is 0 Å². The van der Waals surface area contributed by atoms with E-state index in [0.717, 1.165) is 11.1 Å². The summed E-state index contributed by atoms with van der Waals surface area (Å²) >= 11 is 0. The molecule has 1 aliphatic heterocycles.